The Bertz CT molecular complexity index is 989. The van der Waals surface area contributed by atoms with Gasteiger partial charge in [-0.2, -0.15) is 0 Å². The van der Waals surface area contributed by atoms with E-state index >= 15 is 0 Å². The molecule has 1 fully saturated rings. The van der Waals surface area contributed by atoms with Gasteiger partial charge in [0, 0.05) is 42.4 Å². The van der Waals surface area contributed by atoms with Crippen molar-refractivity contribution in [3.8, 4) is 0 Å². The number of aryl methyl sites for hydroxylation is 1. The summed E-state index contributed by atoms with van der Waals surface area (Å²) < 4.78 is 1.11. The van der Waals surface area contributed by atoms with Crippen LogP contribution in [0.5, 0.6) is 0 Å². The fraction of sp³-hybridized carbons (Fsp3) is 0.364. The quantitative estimate of drug-likeness (QED) is 0.732. The largest absolute Gasteiger partial charge is 0.370 e. The van der Waals surface area contributed by atoms with Gasteiger partial charge in [-0.1, -0.05) is 28.1 Å². The van der Waals surface area contributed by atoms with Gasteiger partial charge >= 0.3 is 0 Å². The Labute approximate surface area is 179 Å². The number of hydrogen-bond acceptors (Lipinski definition) is 6. The number of likely N-dealkylation sites (N-methyl/N-ethyl adjacent to an activating group) is 1. The molecule has 0 radical (unpaired) electrons. The maximum atomic E-state index is 6.18. The number of aromatic nitrogens is 1. The Kier molecular flexibility index (Phi) is 4.80. The van der Waals surface area contributed by atoms with Gasteiger partial charge in [0.1, 0.15) is 11.9 Å². The molecule has 3 N–H and O–H groups in total. The summed E-state index contributed by atoms with van der Waals surface area (Å²) in [5, 5.41) is 3.32. The van der Waals surface area contributed by atoms with Crippen molar-refractivity contribution >= 4 is 33.4 Å². The number of hydrogen-bond donors (Lipinski definition) is 2. The minimum absolute atomic E-state index is 0.0721. The summed E-state index contributed by atoms with van der Waals surface area (Å²) in [6.07, 6.45) is 3.95. The number of guanidine groups is 1. The van der Waals surface area contributed by atoms with Crippen LogP contribution in [0.2, 0.25) is 0 Å². The third-order valence-electron chi connectivity index (χ3n) is 6.09. The van der Waals surface area contributed by atoms with Crippen LogP contribution in [-0.4, -0.2) is 49.1 Å². The number of nitrogens with two attached hydrogens (primary N) is 1. The van der Waals surface area contributed by atoms with Crippen molar-refractivity contribution in [1.82, 2.24) is 15.2 Å². The highest BCUT2D eigenvalue weighted by atomic mass is 79.9. The van der Waals surface area contributed by atoms with Crippen LogP contribution in [0.4, 0.5) is 5.82 Å². The summed E-state index contributed by atoms with van der Waals surface area (Å²) in [4.78, 5) is 14.2. The van der Waals surface area contributed by atoms with Gasteiger partial charge in [-0.15, -0.1) is 0 Å². The molecular formula is C22H25BrN6. The van der Waals surface area contributed by atoms with E-state index in [2.05, 4.69) is 68.4 Å². The molecule has 150 valence electrons. The van der Waals surface area contributed by atoms with Crippen molar-refractivity contribution in [3.63, 3.8) is 0 Å². The SMILES string of the molecule is CN1CCN(c2ccc(C3N=C(N)NC4=C3CCc3cc(Br)ccc34)cn2)CC1. The molecule has 1 unspecified atom stereocenters. The number of pyridine rings is 1. The molecule has 0 amide bonds. The molecule has 0 bridgehead atoms. The fourth-order valence-corrected chi connectivity index (χ4v) is 4.84. The van der Waals surface area contributed by atoms with Crippen molar-refractivity contribution < 1.29 is 0 Å². The lowest BCUT2D eigenvalue weighted by Crippen LogP contribution is -2.44. The highest BCUT2D eigenvalue weighted by Gasteiger charge is 2.30. The summed E-state index contributed by atoms with van der Waals surface area (Å²) in [6, 6.07) is 10.7. The van der Waals surface area contributed by atoms with Gasteiger partial charge < -0.3 is 20.9 Å². The molecule has 1 aliphatic carbocycles. The number of piperazine rings is 1. The van der Waals surface area contributed by atoms with E-state index in [9.17, 15) is 0 Å². The molecule has 29 heavy (non-hydrogen) atoms. The second-order valence-electron chi connectivity index (χ2n) is 7.98. The van der Waals surface area contributed by atoms with Crippen LogP contribution < -0.4 is 16.0 Å². The second-order valence-corrected chi connectivity index (χ2v) is 8.90. The van der Waals surface area contributed by atoms with Gasteiger partial charge in [0.2, 0.25) is 0 Å². The van der Waals surface area contributed by atoms with Gasteiger partial charge in [-0.3, -0.25) is 0 Å². The monoisotopic (exact) mass is 452 g/mol. The lowest BCUT2D eigenvalue weighted by molar-refractivity contribution is 0.312. The summed E-state index contributed by atoms with van der Waals surface area (Å²) >= 11 is 3.58. The number of rotatable bonds is 2. The van der Waals surface area contributed by atoms with E-state index in [-0.39, 0.29) is 6.04 Å². The van der Waals surface area contributed by atoms with E-state index in [1.54, 1.807) is 0 Å². The number of anilines is 1. The third kappa shape index (κ3) is 3.53. The number of nitrogens with one attached hydrogen (secondary N) is 1. The zero-order valence-corrected chi connectivity index (χ0v) is 18.1. The lowest BCUT2D eigenvalue weighted by Gasteiger charge is -2.34. The molecule has 1 saturated heterocycles. The van der Waals surface area contributed by atoms with Crippen molar-refractivity contribution in [2.24, 2.45) is 10.7 Å². The molecule has 2 aliphatic heterocycles. The summed E-state index contributed by atoms with van der Waals surface area (Å²) in [6.45, 7) is 4.18. The van der Waals surface area contributed by atoms with Crippen LogP contribution in [0.3, 0.4) is 0 Å². The Morgan fingerprint density at radius 1 is 1.10 bits per heavy atom. The highest BCUT2D eigenvalue weighted by Crippen LogP contribution is 2.41. The molecule has 6 nitrogen and oxygen atoms in total. The molecule has 7 heteroatoms. The van der Waals surface area contributed by atoms with Crippen molar-refractivity contribution in [2.75, 3.05) is 38.1 Å². The predicted molar refractivity (Wildman–Crippen MR) is 121 cm³/mol. The first-order valence-electron chi connectivity index (χ1n) is 10.1. The fourth-order valence-electron chi connectivity index (χ4n) is 4.44. The number of aliphatic imine (C=N–C) groups is 1. The van der Waals surface area contributed by atoms with Gasteiger partial charge in [0.25, 0.3) is 0 Å². The number of benzene rings is 1. The number of fused-ring (bicyclic) bond motifs is 2. The summed E-state index contributed by atoms with van der Waals surface area (Å²) in [7, 11) is 2.17. The number of halogens is 1. The molecule has 3 aliphatic rings. The van der Waals surface area contributed by atoms with Gasteiger partial charge in [0.05, 0.1) is 5.70 Å². The van der Waals surface area contributed by atoms with E-state index in [1.165, 1.54) is 16.7 Å². The number of nitrogens with zero attached hydrogens (tertiary/aromatic N) is 4. The van der Waals surface area contributed by atoms with Crippen LogP contribution in [0.1, 0.15) is 29.2 Å². The minimum atomic E-state index is -0.0721. The zero-order valence-electron chi connectivity index (χ0n) is 16.5. The molecule has 5 rings (SSSR count). The standard InChI is InChI=1S/C22H25BrN6/c1-28-8-10-29(11-9-28)19-7-3-15(13-25-19)20-18-5-2-14-12-16(23)4-6-17(14)21(18)27-22(24)26-20/h3-4,6-7,12-13,20H,2,5,8-11H2,1H3,(H3,24,26,27). The third-order valence-corrected chi connectivity index (χ3v) is 6.58. The van der Waals surface area contributed by atoms with Crippen LogP contribution >= 0.6 is 15.9 Å². The first-order valence-corrected chi connectivity index (χ1v) is 10.9. The molecule has 3 heterocycles. The lowest BCUT2D eigenvalue weighted by atomic mass is 9.83. The summed E-state index contributed by atoms with van der Waals surface area (Å²) in [5.41, 5.74) is 12.2. The van der Waals surface area contributed by atoms with Crippen molar-refractivity contribution in [1.29, 1.82) is 0 Å². The molecule has 1 aromatic carbocycles. The zero-order chi connectivity index (χ0) is 20.0. The van der Waals surface area contributed by atoms with Crippen LogP contribution in [0, 0.1) is 0 Å². The topological polar surface area (TPSA) is 69.8 Å². The van der Waals surface area contributed by atoms with Crippen LogP contribution in [0.15, 0.2) is 51.6 Å². The van der Waals surface area contributed by atoms with Gasteiger partial charge in [-0.25, -0.2) is 9.98 Å². The van der Waals surface area contributed by atoms with Crippen LogP contribution in [-0.2, 0) is 6.42 Å². The first kappa shape index (κ1) is 18.6. The van der Waals surface area contributed by atoms with Gasteiger partial charge in [-0.05, 0) is 54.8 Å². The average molecular weight is 453 g/mol. The Hall–Kier alpha value is -2.38. The molecule has 0 spiro atoms. The maximum Gasteiger partial charge on any atom is 0.194 e. The Balaban J connectivity index is 1.46. The predicted octanol–water partition coefficient (Wildman–Crippen LogP) is 2.91. The van der Waals surface area contributed by atoms with Crippen molar-refractivity contribution in [2.45, 2.75) is 18.9 Å². The normalized spacial score (nSPS) is 21.9. The van der Waals surface area contributed by atoms with E-state index in [4.69, 9.17) is 15.7 Å². The molecule has 2 aromatic rings. The van der Waals surface area contributed by atoms with E-state index < -0.39 is 0 Å². The smallest absolute Gasteiger partial charge is 0.194 e. The molecular weight excluding hydrogens is 428 g/mol. The molecule has 1 atom stereocenters. The van der Waals surface area contributed by atoms with Crippen LogP contribution in [0.25, 0.3) is 5.70 Å². The first-order chi connectivity index (χ1) is 14.1. The van der Waals surface area contributed by atoms with E-state index in [0.717, 1.165) is 60.6 Å². The molecule has 1 aromatic heterocycles. The minimum Gasteiger partial charge on any atom is -0.370 e. The van der Waals surface area contributed by atoms with Crippen molar-refractivity contribution in [3.05, 3.63) is 63.3 Å². The van der Waals surface area contributed by atoms with E-state index in [0.29, 0.717) is 5.96 Å². The second kappa shape index (κ2) is 7.46. The Morgan fingerprint density at radius 2 is 1.93 bits per heavy atom. The average Bonchev–Trinajstić information content (AvgIpc) is 2.73. The Morgan fingerprint density at radius 3 is 2.69 bits per heavy atom. The maximum absolute atomic E-state index is 6.18. The van der Waals surface area contributed by atoms with Gasteiger partial charge in [0.15, 0.2) is 5.96 Å². The summed E-state index contributed by atoms with van der Waals surface area (Å²) in [5.74, 6) is 1.51. The van der Waals surface area contributed by atoms with E-state index in [1.807, 2.05) is 6.20 Å². The molecule has 0 saturated carbocycles. The highest BCUT2D eigenvalue weighted by molar-refractivity contribution is 9.10.